The number of pyridine rings is 1. The maximum Gasteiger partial charge on any atom is 0.291 e. The topological polar surface area (TPSA) is 90.2 Å². The normalized spacial score (nSPS) is 11.4. The molecule has 0 unspecified atom stereocenters. The van der Waals surface area contributed by atoms with Crippen LogP contribution in [0.25, 0.3) is 26.6 Å². The largest absolute Gasteiger partial charge is 0.448 e. The lowest BCUT2D eigenvalue weighted by molar-refractivity contribution is 0.0997. The minimum absolute atomic E-state index is 0.215. The molecular formula is C23H16N6O2S. The van der Waals surface area contributed by atoms with Crippen LogP contribution in [0, 0.1) is 0 Å². The van der Waals surface area contributed by atoms with Gasteiger partial charge in [0.25, 0.3) is 5.91 Å². The number of rotatable bonds is 5. The summed E-state index contributed by atoms with van der Waals surface area (Å²) in [4.78, 5) is 21.8. The van der Waals surface area contributed by atoms with Crippen molar-refractivity contribution in [2.24, 2.45) is 0 Å². The lowest BCUT2D eigenvalue weighted by atomic mass is 10.3. The Bertz CT molecular complexity index is 1510. The fraction of sp³-hybridized carbons (Fsp3) is 0.0435. The summed E-state index contributed by atoms with van der Waals surface area (Å²) in [5.41, 5.74) is 3.25. The molecule has 8 nitrogen and oxygen atoms in total. The molecule has 32 heavy (non-hydrogen) atoms. The van der Waals surface area contributed by atoms with Crippen LogP contribution in [0.2, 0.25) is 0 Å². The fourth-order valence-corrected chi connectivity index (χ4v) is 4.42. The van der Waals surface area contributed by atoms with Gasteiger partial charge in [-0.05, 0) is 36.4 Å². The Labute approximate surface area is 185 Å². The number of para-hydroxylation sites is 1. The van der Waals surface area contributed by atoms with Crippen LogP contribution in [0.15, 0.2) is 83.8 Å². The second-order valence-electron chi connectivity index (χ2n) is 7.23. The predicted molar refractivity (Wildman–Crippen MR) is 122 cm³/mol. The summed E-state index contributed by atoms with van der Waals surface area (Å²) >= 11 is 1.53. The average molecular weight is 440 g/mol. The van der Waals surface area contributed by atoms with Crippen molar-refractivity contribution in [1.29, 1.82) is 0 Å². The lowest BCUT2D eigenvalue weighted by Gasteiger charge is -1.99. The molecule has 0 bridgehead atoms. The van der Waals surface area contributed by atoms with Gasteiger partial charge in [0.1, 0.15) is 5.65 Å². The molecule has 0 aliphatic rings. The van der Waals surface area contributed by atoms with Gasteiger partial charge in [0.2, 0.25) is 0 Å². The number of nitrogens with one attached hydrogen (secondary N) is 1. The summed E-state index contributed by atoms with van der Waals surface area (Å²) in [6.07, 6.45) is 7.28. The first-order valence-corrected chi connectivity index (χ1v) is 10.8. The zero-order valence-corrected chi connectivity index (χ0v) is 17.5. The number of nitrogens with zero attached hydrogens (tertiary/aromatic N) is 5. The lowest BCUT2D eigenvalue weighted by Crippen LogP contribution is -2.10. The highest BCUT2D eigenvalue weighted by Crippen LogP contribution is 2.31. The Morgan fingerprint density at radius 3 is 2.84 bits per heavy atom. The van der Waals surface area contributed by atoms with Gasteiger partial charge < -0.3 is 14.1 Å². The Kier molecular flexibility index (Phi) is 4.32. The molecule has 5 heterocycles. The standard InChI is InChI=1S/C23H16N6O2S/c30-22(18-8-9-19(31-18)23-27-17-5-1-2-6-20(17)32-23)26-15-11-24-29(13-15)14-16-12-28-10-4-3-7-21(28)25-16/h1-13H,14H2,(H,26,30). The number of aromatic nitrogens is 5. The second-order valence-corrected chi connectivity index (χ2v) is 8.26. The van der Waals surface area contributed by atoms with Crippen LogP contribution >= 0.6 is 11.3 Å². The average Bonchev–Trinajstić information content (AvgIpc) is 3.58. The number of hydrogen-bond donors (Lipinski definition) is 1. The number of thiazole rings is 1. The van der Waals surface area contributed by atoms with Crippen LogP contribution in [0.1, 0.15) is 16.2 Å². The van der Waals surface area contributed by atoms with E-state index in [9.17, 15) is 4.79 Å². The molecule has 1 aromatic carbocycles. The molecule has 6 aromatic rings. The number of benzene rings is 1. The molecule has 0 fully saturated rings. The smallest absolute Gasteiger partial charge is 0.291 e. The summed E-state index contributed by atoms with van der Waals surface area (Å²) in [5.74, 6) is 0.441. The highest BCUT2D eigenvalue weighted by molar-refractivity contribution is 7.21. The number of carbonyl (C=O) groups is 1. The Morgan fingerprint density at radius 1 is 1.03 bits per heavy atom. The van der Waals surface area contributed by atoms with Gasteiger partial charge in [-0.3, -0.25) is 9.48 Å². The van der Waals surface area contributed by atoms with Crippen molar-refractivity contribution < 1.29 is 9.21 Å². The maximum atomic E-state index is 12.6. The molecule has 0 spiro atoms. The SMILES string of the molecule is O=C(Nc1cnn(Cc2cn3ccccc3n2)c1)c1ccc(-c2nc3ccccc3s2)o1. The van der Waals surface area contributed by atoms with Crippen molar-refractivity contribution in [3.63, 3.8) is 0 Å². The van der Waals surface area contributed by atoms with Gasteiger partial charge in [-0.1, -0.05) is 18.2 Å². The summed E-state index contributed by atoms with van der Waals surface area (Å²) < 4.78 is 10.5. The zero-order valence-electron chi connectivity index (χ0n) is 16.7. The number of fused-ring (bicyclic) bond motifs is 2. The first kappa shape index (κ1) is 18.5. The summed E-state index contributed by atoms with van der Waals surface area (Å²) in [6.45, 7) is 0.500. The fourth-order valence-electron chi connectivity index (χ4n) is 3.49. The van der Waals surface area contributed by atoms with E-state index < -0.39 is 0 Å². The van der Waals surface area contributed by atoms with Gasteiger partial charge in [-0.25, -0.2) is 9.97 Å². The minimum Gasteiger partial charge on any atom is -0.448 e. The summed E-state index contributed by atoms with van der Waals surface area (Å²) in [6, 6.07) is 17.2. The maximum absolute atomic E-state index is 12.6. The van der Waals surface area contributed by atoms with E-state index in [2.05, 4.69) is 20.4 Å². The molecule has 0 saturated carbocycles. The van der Waals surface area contributed by atoms with Crippen LogP contribution in [0.5, 0.6) is 0 Å². The van der Waals surface area contributed by atoms with Crippen molar-refractivity contribution in [3.05, 3.63) is 90.8 Å². The number of anilines is 1. The number of furan rings is 1. The number of hydrogen-bond acceptors (Lipinski definition) is 6. The summed E-state index contributed by atoms with van der Waals surface area (Å²) in [7, 11) is 0. The van der Waals surface area contributed by atoms with E-state index in [4.69, 9.17) is 4.42 Å². The minimum atomic E-state index is -0.343. The van der Waals surface area contributed by atoms with E-state index in [1.807, 2.05) is 59.3 Å². The summed E-state index contributed by atoms with van der Waals surface area (Å²) in [5, 5.41) is 7.88. The molecule has 0 aliphatic heterocycles. The van der Waals surface area contributed by atoms with Gasteiger partial charge in [-0.2, -0.15) is 5.10 Å². The monoisotopic (exact) mass is 440 g/mol. The van der Waals surface area contributed by atoms with Crippen molar-refractivity contribution in [2.45, 2.75) is 6.54 Å². The van der Waals surface area contributed by atoms with Crippen LogP contribution in [-0.4, -0.2) is 30.1 Å². The molecule has 0 saturated heterocycles. The van der Waals surface area contributed by atoms with Crippen LogP contribution in [-0.2, 0) is 6.54 Å². The molecule has 9 heteroatoms. The van der Waals surface area contributed by atoms with Gasteiger partial charge >= 0.3 is 0 Å². The zero-order chi connectivity index (χ0) is 21.5. The quantitative estimate of drug-likeness (QED) is 0.420. The van der Waals surface area contributed by atoms with Crippen molar-refractivity contribution in [1.82, 2.24) is 24.1 Å². The molecular weight excluding hydrogens is 424 g/mol. The van der Waals surface area contributed by atoms with Crippen molar-refractivity contribution >= 4 is 38.8 Å². The predicted octanol–water partition coefficient (Wildman–Crippen LogP) is 4.70. The first-order valence-electron chi connectivity index (χ1n) is 9.93. The number of carbonyl (C=O) groups excluding carboxylic acids is 1. The molecule has 156 valence electrons. The van der Waals surface area contributed by atoms with E-state index in [0.717, 1.165) is 26.6 Å². The Morgan fingerprint density at radius 2 is 1.94 bits per heavy atom. The molecule has 1 amide bonds. The Hall–Kier alpha value is -4.24. The first-order chi connectivity index (χ1) is 15.7. The third kappa shape index (κ3) is 3.44. The number of amides is 1. The van der Waals surface area contributed by atoms with E-state index in [-0.39, 0.29) is 11.7 Å². The van der Waals surface area contributed by atoms with Crippen molar-refractivity contribution in [3.8, 4) is 10.8 Å². The highest BCUT2D eigenvalue weighted by Gasteiger charge is 2.16. The molecule has 0 atom stereocenters. The van der Waals surface area contributed by atoms with Gasteiger partial charge in [0.05, 0.1) is 34.3 Å². The Balaban J connectivity index is 1.16. The third-order valence-electron chi connectivity index (χ3n) is 4.96. The van der Waals surface area contributed by atoms with Crippen LogP contribution in [0.3, 0.4) is 0 Å². The molecule has 5 aromatic heterocycles. The number of imidazole rings is 1. The molecule has 0 radical (unpaired) electrons. The van der Waals surface area contributed by atoms with Crippen molar-refractivity contribution in [2.75, 3.05) is 5.32 Å². The second kappa shape index (κ2) is 7.47. The molecule has 0 aliphatic carbocycles. The molecule has 6 rings (SSSR count). The third-order valence-corrected chi connectivity index (χ3v) is 6.01. The van der Waals surface area contributed by atoms with Gasteiger partial charge in [0, 0.05) is 18.6 Å². The van der Waals surface area contributed by atoms with E-state index in [1.54, 1.807) is 29.2 Å². The molecule has 1 N–H and O–H groups in total. The van der Waals surface area contributed by atoms with Crippen LogP contribution in [0.4, 0.5) is 5.69 Å². The van der Waals surface area contributed by atoms with Gasteiger partial charge in [-0.15, -0.1) is 11.3 Å². The van der Waals surface area contributed by atoms with E-state index >= 15 is 0 Å². The van der Waals surface area contributed by atoms with E-state index in [0.29, 0.717) is 18.0 Å². The highest BCUT2D eigenvalue weighted by atomic mass is 32.1. The van der Waals surface area contributed by atoms with Crippen LogP contribution < -0.4 is 5.32 Å². The van der Waals surface area contributed by atoms with E-state index in [1.165, 1.54) is 11.3 Å². The van der Waals surface area contributed by atoms with Gasteiger partial charge in [0.15, 0.2) is 16.5 Å².